The summed E-state index contributed by atoms with van der Waals surface area (Å²) >= 11 is 0. The lowest BCUT2D eigenvalue weighted by atomic mass is 9.96. The van der Waals surface area contributed by atoms with Crippen molar-refractivity contribution in [3.8, 4) is 0 Å². The van der Waals surface area contributed by atoms with Crippen LogP contribution >= 0.6 is 0 Å². The molecule has 0 aliphatic carbocycles. The number of piperidine rings is 1. The zero-order valence-corrected chi connectivity index (χ0v) is 15.8. The molecule has 6 heteroatoms. The van der Waals surface area contributed by atoms with Gasteiger partial charge >= 0.3 is 0 Å². The van der Waals surface area contributed by atoms with Crippen molar-refractivity contribution in [1.29, 1.82) is 0 Å². The zero-order chi connectivity index (χ0) is 19.1. The minimum atomic E-state index is 0.0362. The predicted octanol–water partition coefficient (Wildman–Crippen LogP) is 2.66. The number of nitrogens with one attached hydrogen (secondary N) is 1. The summed E-state index contributed by atoms with van der Waals surface area (Å²) in [6, 6.07) is 13.4. The average Bonchev–Trinajstić information content (AvgIpc) is 3.21. The van der Waals surface area contributed by atoms with Crippen LogP contribution in [-0.4, -0.2) is 42.9 Å². The second kappa shape index (κ2) is 9.37. The van der Waals surface area contributed by atoms with E-state index in [1.165, 1.54) is 0 Å². The number of rotatable bonds is 7. The van der Waals surface area contributed by atoms with Crippen molar-refractivity contribution in [1.82, 2.24) is 10.2 Å². The largest absolute Gasteiger partial charge is 0.467 e. The van der Waals surface area contributed by atoms with E-state index in [2.05, 4.69) is 10.2 Å². The van der Waals surface area contributed by atoms with Crippen molar-refractivity contribution >= 4 is 17.5 Å². The fraction of sp³-hybridized carbons (Fsp3) is 0.429. The number of hydrogen-bond donors (Lipinski definition) is 1. The molecule has 1 aromatic heterocycles. The van der Waals surface area contributed by atoms with Gasteiger partial charge in [0, 0.05) is 18.2 Å². The molecule has 0 radical (unpaired) electrons. The van der Waals surface area contributed by atoms with Crippen LogP contribution in [-0.2, 0) is 16.1 Å². The van der Waals surface area contributed by atoms with Crippen LogP contribution in [0.15, 0.2) is 53.1 Å². The quantitative estimate of drug-likeness (QED) is 0.815. The highest BCUT2D eigenvalue weighted by Crippen LogP contribution is 2.20. The van der Waals surface area contributed by atoms with Crippen molar-refractivity contribution in [2.75, 3.05) is 31.1 Å². The van der Waals surface area contributed by atoms with Crippen LogP contribution in [0.1, 0.15) is 25.5 Å². The van der Waals surface area contributed by atoms with Crippen molar-refractivity contribution in [3.63, 3.8) is 0 Å². The number of carbonyl (C=O) groups is 2. The van der Waals surface area contributed by atoms with Crippen molar-refractivity contribution in [2.24, 2.45) is 5.92 Å². The minimum Gasteiger partial charge on any atom is -0.467 e. The fourth-order valence-electron chi connectivity index (χ4n) is 3.44. The van der Waals surface area contributed by atoms with E-state index in [1.54, 1.807) is 11.2 Å². The molecule has 2 aromatic rings. The smallest absolute Gasteiger partial charge is 0.241 e. The van der Waals surface area contributed by atoms with Crippen LogP contribution in [0.3, 0.4) is 0 Å². The van der Waals surface area contributed by atoms with Gasteiger partial charge in [-0.3, -0.25) is 14.5 Å². The Morgan fingerprint density at radius 1 is 1.15 bits per heavy atom. The Bertz CT molecular complexity index is 722. The number of benzene rings is 1. The number of likely N-dealkylation sites (tertiary alicyclic amines) is 1. The van der Waals surface area contributed by atoms with E-state index in [0.717, 1.165) is 37.4 Å². The summed E-state index contributed by atoms with van der Waals surface area (Å²) in [7, 11) is 0. The van der Waals surface area contributed by atoms with Gasteiger partial charge in [-0.1, -0.05) is 18.2 Å². The first-order chi connectivity index (χ1) is 13.2. The molecule has 3 rings (SSSR count). The molecule has 1 N–H and O–H groups in total. The number of carbonyl (C=O) groups excluding carboxylic acids is 2. The second-order valence-corrected chi connectivity index (χ2v) is 6.84. The molecular formula is C21H27N3O3. The fourth-order valence-corrected chi connectivity index (χ4v) is 3.44. The Kier molecular flexibility index (Phi) is 6.65. The summed E-state index contributed by atoms with van der Waals surface area (Å²) < 4.78 is 5.44. The minimum absolute atomic E-state index is 0.0362. The third kappa shape index (κ3) is 5.20. The van der Waals surface area contributed by atoms with Gasteiger partial charge in [-0.15, -0.1) is 0 Å². The third-order valence-electron chi connectivity index (χ3n) is 4.93. The molecule has 1 aliphatic heterocycles. The Labute approximate surface area is 160 Å². The van der Waals surface area contributed by atoms with Gasteiger partial charge in [0.1, 0.15) is 5.76 Å². The maximum Gasteiger partial charge on any atom is 0.241 e. The first kappa shape index (κ1) is 19.2. The van der Waals surface area contributed by atoms with E-state index in [0.29, 0.717) is 19.6 Å². The number of hydrogen-bond acceptors (Lipinski definition) is 4. The van der Waals surface area contributed by atoms with Crippen molar-refractivity contribution in [3.05, 3.63) is 54.5 Å². The summed E-state index contributed by atoms with van der Waals surface area (Å²) in [5.41, 5.74) is 0.858. The molecule has 27 heavy (non-hydrogen) atoms. The number of para-hydroxylation sites is 1. The van der Waals surface area contributed by atoms with Crippen molar-refractivity contribution < 1.29 is 14.0 Å². The van der Waals surface area contributed by atoms with Gasteiger partial charge < -0.3 is 14.6 Å². The van der Waals surface area contributed by atoms with Gasteiger partial charge in [0.2, 0.25) is 11.8 Å². The molecule has 1 fully saturated rings. The summed E-state index contributed by atoms with van der Waals surface area (Å²) in [6.07, 6.45) is 3.21. The maximum absolute atomic E-state index is 13.0. The Balaban J connectivity index is 1.61. The van der Waals surface area contributed by atoms with Crippen LogP contribution in [0, 0.1) is 5.92 Å². The second-order valence-electron chi connectivity index (χ2n) is 6.84. The predicted molar refractivity (Wildman–Crippen MR) is 104 cm³/mol. The normalized spacial score (nSPS) is 15.4. The molecular weight excluding hydrogens is 342 g/mol. The van der Waals surface area contributed by atoms with Gasteiger partial charge in [-0.25, -0.2) is 0 Å². The highest BCUT2D eigenvalue weighted by atomic mass is 16.3. The lowest BCUT2D eigenvalue weighted by molar-refractivity contribution is -0.126. The summed E-state index contributed by atoms with van der Waals surface area (Å²) in [5, 5.41) is 2.89. The Morgan fingerprint density at radius 2 is 1.89 bits per heavy atom. The van der Waals surface area contributed by atoms with Gasteiger partial charge in [-0.2, -0.15) is 0 Å². The number of furan rings is 1. The molecule has 2 amide bonds. The molecule has 0 bridgehead atoms. The van der Waals surface area contributed by atoms with Gasteiger partial charge in [-0.05, 0) is 57.1 Å². The van der Waals surface area contributed by atoms with E-state index in [-0.39, 0.29) is 17.7 Å². The van der Waals surface area contributed by atoms with E-state index < -0.39 is 0 Å². The molecule has 2 heterocycles. The number of amides is 2. The monoisotopic (exact) mass is 369 g/mol. The lowest BCUT2D eigenvalue weighted by Crippen LogP contribution is -2.45. The Hall–Kier alpha value is -2.60. The van der Waals surface area contributed by atoms with E-state index >= 15 is 0 Å². The number of anilines is 1. The van der Waals surface area contributed by atoms with Crippen molar-refractivity contribution in [2.45, 2.75) is 26.3 Å². The van der Waals surface area contributed by atoms with Crippen LogP contribution in [0.25, 0.3) is 0 Å². The zero-order valence-electron chi connectivity index (χ0n) is 15.8. The highest BCUT2D eigenvalue weighted by Gasteiger charge is 2.27. The molecule has 0 atom stereocenters. The lowest BCUT2D eigenvalue weighted by Gasteiger charge is -2.32. The van der Waals surface area contributed by atoms with Crippen LogP contribution in [0.5, 0.6) is 0 Å². The average molecular weight is 369 g/mol. The van der Waals surface area contributed by atoms with E-state index in [9.17, 15) is 9.59 Å². The molecule has 1 aromatic carbocycles. The SMILES string of the molecule is CCNC(=O)C1CCN(CC(=O)N(Cc2ccco2)c2ccccc2)CC1. The third-order valence-corrected chi connectivity index (χ3v) is 4.93. The van der Waals surface area contributed by atoms with E-state index in [4.69, 9.17) is 4.42 Å². The molecule has 144 valence electrons. The summed E-state index contributed by atoms with van der Waals surface area (Å²) in [4.78, 5) is 28.9. The molecule has 1 saturated heterocycles. The maximum atomic E-state index is 13.0. The molecule has 0 spiro atoms. The molecule has 0 saturated carbocycles. The summed E-state index contributed by atoms with van der Waals surface area (Å²) in [6.45, 7) is 4.87. The first-order valence-corrected chi connectivity index (χ1v) is 9.55. The van der Waals surface area contributed by atoms with Crippen LogP contribution < -0.4 is 10.2 Å². The van der Waals surface area contributed by atoms with Gasteiger partial charge in [0.05, 0.1) is 19.4 Å². The standard InChI is InChI=1S/C21H27N3O3/c1-2-22-21(26)17-10-12-23(13-11-17)16-20(25)24(15-19-9-6-14-27-19)18-7-4-3-5-8-18/h3-9,14,17H,2,10-13,15-16H2,1H3,(H,22,26). The van der Waals surface area contributed by atoms with Gasteiger partial charge in [0.15, 0.2) is 0 Å². The first-order valence-electron chi connectivity index (χ1n) is 9.55. The molecule has 6 nitrogen and oxygen atoms in total. The summed E-state index contributed by atoms with van der Waals surface area (Å²) in [5.74, 6) is 0.980. The van der Waals surface area contributed by atoms with Crippen LogP contribution in [0.4, 0.5) is 5.69 Å². The van der Waals surface area contributed by atoms with Gasteiger partial charge in [0.25, 0.3) is 0 Å². The van der Waals surface area contributed by atoms with E-state index in [1.807, 2.05) is 49.4 Å². The molecule has 0 unspecified atom stereocenters. The topological polar surface area (TPSA) is 65.8 Å². The highest BCUT2D eigenvalue weighted by molar-refractivity contribution is 5.94. The Morgan fingerprint density at radius 3 is 2.52 bits per heavy atom. The molecule has 1 aliphatic rings. The number of nitrogens with zero attached hydrogens (tertiary/aromatic N) is 2. The van der Waals surface area contributed by atoms with Crippen LogP contribution in [0.2, 0.25) is 0 Å².